The van der Waals surface area contributed by atoms with Gasteiger partial charge in [0.1, 0.15) is 5.75 Å². The molecule has 0 aliphatic rings. The largest absolute Gasteiger partial charge is 0.435 e. The molecule has 2 aromatic rings. The van der Waals surface area contributed by atoms with Crippen LogP contribution in [0.15, 0.2) is 53.4 Å². The summed E-state index contributed by atoms with van der Waals surface area (Å²) < 4.78 is 51.4. The Morgan fingerprint density at radius 3 is 2.15 bits per heavy atom. The summed E-state index contributed by atoms with van der Waals surface area (Å²) in [5, 5.41) is 2.81. The first-order valence-electron chi connectivity index (χ1n) is 7.78. The van der Waals surface area contributed by atoms with Crippen LogP contribution in [0.25, 0.3) is 0 Å². The topological polar surface area (TPSA) is 72.5 Å². The highest BCUT2D eigenvalue weighted by molar-refractivity contribution is 7.90. The van der Waals surface area contributed by atoms with Crippen molar-refractivity contribution in [3.05, 3.63) is 59.7 Å². The Balaban J connectivity index is 1.94. The minimum Gasteiger partial charge on any atom is -0.435 e. The van der Waals surface area contributed by atoms with Gasteiger partial charge in [-0.25, -0.2) is 8.42 Å². The number of benzene rings is 2. The highest BCUT2D eigenvalue weighted by Crippen LogP contribution is 2.18. The summed E-state index contributed by atoms with van der Waals surface area (Å²) in [6, 6.07) is 11.8. The van der Waals surface area contributed by atoms with Gasteiger partial charge in [0.2, 0.25) is 5.91 Å². The van der Waals surface area contributed by atoms with E-state index >= 15 is 0 Å². The molecular weight excluding hydrogens is 364 g/mol. The Bertz CT molecular complexity index is 850. The summed E-state index contributed by atoms with van der Waals surface area (Å²) in [7, 11) is -3.26. The lowest BCUT2D eigenvalue weighted by Gasteiger charge is -2.15. The fourth-order valence-electron chi connectivity index (χ4n) is 2.35. The van der Waals surface area contributed by atoms with E-state index in [1.54, 1.807) is 31.2 Å². The molecule has 1 unspecified atom stereocenters. The number of nitrogens with one attached hydrogen (secondary N) is 1. The third-order valence-electron chi connectivity index (χ3n) is 3.70. The van der Waals surface area contributed by atoms with E-state index in [0.29, 0.717) is 5.56 Å². The van der Waals surface area contributed by atoms with E-state index in [9.17, 15) is 22.0 Å². The number of hydrogen-bond acceptors (Lipinski definition) is 4. The molecule has 2 rings (SSSR count). The summed E-state index contributed by atoms with van der Waals surface area (Å²) in [6.45, 7) is -1.11. The van der Waals surface area contributed by atoms with Crippen molar-refractivity contribution in [1.29, 1.82) is 0 Å². The number of hydrogen-bond donors (Lipinski definition) is 1. The monoisotopic (exact) mass is 383 g/mol. The van der Waals surface area contributed by atoms with Crippen LogP contribution in [0.1, 0.15) is 24.1 Å². The number of sulfone groups is 1. The summed E-state index contributed by atoms with van der Waals surface area (Å²) in [4.78, 5) is 12.3. The van der Waals surface area contributed by atoms with Gasteiger partial charge in [0, 0.05) is 6.26 Å². The fraction of sp³-hybridized carbons (Fsp3) is 0.278. The third kappa shape index (κ3) is 5.80. The average Bonchev–Trinajstić information content (AvgIpc) is 2.55. The second-order valence-electron chi connectivity index (χ2n) is 5.83. The van der Waals surface area contributed by atoms with Crippen molar-refractivity contribution in [3.63, 3.8) is 0 Å². The van der Waals surface area contributed by atoms with Gasteiger partial charge in [0.05, 0.1) is 17.4 Å². The van der Waals surface area contributed by atoms with Gasteiger partial charge in [0.25, 0.3) is 0 Å². The molecule has 0 saturated carbocycles. The molecule has 0 radical (unpaired) electrons. The zero-order valence-electron chi connectivity index (χ0n) is 14.3. The Kier molecular flexibility index (Phi) is 6.31. The molecule has 0 fully saturated rings. The first-order chi connectivity index (χ1) is 12.1. The zero-order chi connectivity index (χ0) is 19.3. The molecule has 1 N–H and O–H groups in total. The first kappa shape index (κ1) is 19.8. The highest BCUT2D eigenvalue weighted by Gasteiger charge is 2.12. The van der Waals surface area contributed by atoms with E-state index < -0.39 is 16.4 Å². The number of rotatable bonds is 7. The maximum atomic E-state index is 12.1. The molecule has 0 bridgehead atoms. The van der Waals surface area contributed by atoms with Crippen LogP contribution in [-0.2, 0) is 21.1 Å². The normalized spacial score (nSPS) is 12.7. The lowest BCUT2D eigenvalue weighted by Crippen LogP contribution is -2.28. The lowest BCUT2D eigenvalue weighted by atomic mass is 10.1. The van der Waals surface area contributed by atoms with Gasteiger partial charge in [-0.2, -0.15) is 8.78 Å². The predicted octanol–water partition coefficient (Wildman–Crippen LogP) is 3.11. The average molecular weight is 383 g/mol. The Labute approximate surface area is 150 Å². The Morgan fingerprint density at radius 2 is 1.65 bits per heavy atom. The third-order valence-corrected chi connectivity index (χ3v) is 4.83. The number of alkyl halides is 2. The van der Waals surface area contributed by atoms with Gasteiger partial charge in [0.15, 0.2) is 9.84 Å². The van der Waals surface area contributed by atoms with Crippen LogP contribution in [0, 0.1) is 0 Å². The molecule has 140 valence electrons. The number of carbonyl (C=O) groups is 1. The van der Waals surface area contributed by atoms with E-state index in [0.717, 1.165) is 11.8 Å². The maximum Gasteiger partial charge on any atom is 0.387 e. The van der Waals surface area contributed by atoms with E-state index in [1.165, 1.54) is 24.3 Å². The minimum atomic E-state index is -3.26. The van der Waals surface area contributed by atoms with Gasteiger partial charge in [-0.1, -0.05) is 24.3 Å². The molecule has 1 amide bonds. The van der Waals surface area contributed by atoms with E-state index in [4.69, 9.17) is 0 Å². The number of carbonyl (C=O) groups excluding carboxylic acids is 1. The summed E-state index contributed by atoms with van der Waals surface area (Å²) >= 11 is 0. The molecule has 8 heteroatoms. The first-order valence-corrected chi connectivity index (χ1v) is 9.67. The molecule has 0 saturated heterocycles. The van der Waals surface area contributed by atoms with E-state index in [2.05, 4.69) is 10.1 Å². The second kappa shape index (κ2) is 8.27. The van der Waals surface area contributed by atoms with Gasteiger partial charge in [-0.15, -0.1) is 0 Å². The van der Waals surface area contributed by atoms with Crippen molar-refractivity contribution >= 4 is 15.7 Å². The standard InChI is InChI=1S/C18H19F2NO4S/c1-12(14-5-9-16(10-6-14)26(2,23)24)21-17(22)11-13-3-7-15(8-4-13)25-18(19)20/h3-10,12,18H,11H2,1-2H3,(H,21,22). The fourth-order valence-corrected chi connectivity index (χ4v) is 2.98. The smallest absolute Gasteiger partial charge is 0.387 e. The molecule has 0 aliphatic heterocycles. The van der Waals surface area contributed by atoms with Gasteiger partial charge in [-0.3, -0.25) is 4.79 Å². The number of halogens is 2. The zero-order valence-corrected chi connectivity index (χ0v) is 15.1. The Morgan fingerprint density at radius 1 is 1.08 bits per heavy atom. The minimum absolute atomic E-state index is 0.0310. The van der Waals surface area contributed by atoms with Crippen LogP contribution in [-0.4, -0.2) is 27.2 Å². The van der Waals surface area contributed by atoms with Gasteiger partial charge >= 0.3 is 6.61 Å². The molecule has 26 heavy (non-hydrogen) atoms. The van der Waals surface area contributed by atoms with E-state index in [-0.39, 0.29) is 29.0 Å². The summed E-state index contributed by atoms with van der Waals surface area (Å²) in [5.74, 6) is -0.212. The molecule has 0 spiro atoms. The van der Waals surface area contributed by atoms with Crippen molar-refractivity contribution in [1.82, 2.24) is 5.32 Å². The van der Waals surface area contributed by atoms with Crippen LogP contribution in [0.4, 0.5) is 8.78 Å². The van der Waals surface area contributed by atoms with E-state index in [1.807, 2.05) is 0 Å². The predicted molar refractivity (Wildman–Crippen MR) is 92.9 cm³/mol. The number of amides is 1. The Hall–Kier alpha value is -2.48. The molecule has 1 atom stereocenters. The molecule has 0 heterocycles. The second-order valence-corrected chi connectivity index (χ2v) is 7.85. The SMILES string of the molecule is CC(NC(=O)Cc1ccc(OC(F)F)cc1)c1ccc(S(C)(=O)=O)cc1. The summed E-state index contributed by atoms with van der Waals surface area (Å²) in [6.07, 6.45) is 1.21. The molecule has 0 aromatic heterocycles. The van der Waals surface area contributed by atoms with Crippen molar-refractivity contribution in [2.75, 3.05) is 6.26 Å². The van der Waals surface area contributed by atoms with Crippen molar-refractivity contribution in [2.24, 2.45) is 0 Å². The maximum absolute atomic E-state index is 12.1. The van der Waals surface area contributed by atoms with Crippen LogP contribution in [0.2, 0.25) is 0 Å². The quantitative estimate of drug-likeness (QED) is 0.797. The van der Waals surface area contributed by atoms with Crippen LogP contribution in [0.3, 0.4) is 0 Å². The molecule has 2 aromatic carbocycles. The van der Waals surface area contributed by atoms with Gasteiger partial charge in [-0.05, 0) is 42.3 Å². The van der Waals surface area contributed by atoms with Crippen molar-refractivity contribution in [3.8, 4) is 5.75 Å². The molecular formula is C18H19F2NO4S. The van der Waals surface area contributed by atoms with Crippen LogP contribution >= 0.6 is 0 Å². The van der Waals surface area contributed by atoms with Crippen molar-refractivity contribution < 1.29 is 26.7 Å². The van der Waals surface area contributed by atoms with Crippen LogP contribution < -0.4 is 10.1 Å². The van der Waals surface area contributed by atoms with Crippen LogP contribution in [0.5, 0.6) is 5.75 Å². The van der Waals surface area contributed by atoms with Crippen molar-refractivity contribution in [2.45, 2.75) is 30.9 Å². The van der Waals surface area contributed by atoms with Gasteiger partial charge < -0.3 is 10.1 Å². The molecule has 0 aliphatic carbocycles. The number of ether oxygens (including phenoxy) is 1. The highest BCUT2D eigenvalue weighted by atomic mass is 32.2. The molecule has 5 nitrogen and oxygen atoms in total. The lowest BCUT2D eigenvalue weighted by molar-refractivity contribution is -0.121. The summed E-state index contributed by atoms with van der Waals surface area (Å²) in [5.41, 5.74) is 1.43.